The molecule has 0 aliphatic rings. The van der Waals surface area contributed by atoms with E-state index in [-0.39, 0.29) is 6.42 Å². The average Bonchev–Trinajstić information content (AvgIpc) is 2.76. The Hall–Kier alpha value is -1.43. The summed E-state index contributed by atoms with van der Waals surface area (Å²) < 4.78 is 1.76. The second kappa shape index (κ2) is 7.81. The van der Waals surface area contributed by atoms with Crippen molar-refractivity contribution in [3.63, 3.8) is 0 Å². The Morgan fingerprint density at radius 3 is 2.83 bits per heavy atom. The van der Waals surface area contributed by atoms with E-state index in [0.29, 0.717) is 5.69 Å². The van der Waals surface area contributed by atoms with Crippen LogP contribution in [0.5, 0.6) is 0 Å². The van der Waals surface area contributed by atoms with Crippen molar-refractivity contribution in [1.29, 1.82) is 0 Å². The summed E-state index contributed by atoms with van der Waals surface area (Å²) >= 11 is 0. The molecule has 18 heavy (non-hydrogen) atoms. The fourth-order valence-electron chi connectivity index (χ4n) is 1.73. The number of rotatable bonds is 9. The highest BCUT2D eigenvalue weighted by atomic mass is 16.4. The molecule has 1 unspecified atom stereocenters. The van der Waals surface area contributed by atoms with Crippen LogP contribution in [0.3, 0.4) is 0 Å². The van der Waals surface area contributed by atoms with Gasteiger partial charge in [-0.2, -0.15) is 0 Å². The second-order valence-electron chi connectivity index (χ2n) is 4.54. The lowest BCUT2D eigenvalue weighted by molar-refractivity contribution is -0.138. The van der Waals surface area contributed by atoms with Gasteiger partial charge in [-0.25, -0.2) is 0 Å². The fraction of sp³-hybridized carbons (Fsp3) is 0.750. The molecular weight excluding hydrogens is 232 g/mol. The molecule has 1 aromatic heterocycles. The maximum absolute atomic E-state index is 10.6. The number of carboxylic acid groups (broad SMARTS) is 1. The van der Waals surface area contributed by atoms with Crippen LogP contribution >= 0.6 is 0 Å². The van der Waals surface area contributed by atoms with Crippen LogP contribution < -0.4 is 5.73 Å². The lowest BCUT2D eigenvalue weighted by Gasteiger charge is -2.02. The van der Waals surface area contributed by atoms with Gasteiger partial charge in [0.2, 0.25) is 0 Å². The van der Waals surface area contributed by atoms with Gasteiger partial charge < -0.3 is 10.8 Å². The highest BCUT2D eigenvalue weighted by molar-refractivity contribution is 5.73. The van der Waals surface area contributed by atoms with Gasteiger partial charge in [0.15, 0.2) is 0 Å². The third-order valence-electron chi connectivity index (χ3n) is 2.82. The van der Waals surface area contributed by atoms with Gasteiger partial charge in [0, 0.05) is 19.2 Å². The predicted molar refractivity (Wildman–Crippen MR) is 68.1 cm³/mol. The lowest BCUT2D eigenvalue weighted by atomic mass is 10.1. The Morgan fingerprint density at radius 1 is 1.44 bits per heavy atom. The zero-order chi connectivity index (χ0) is 13.4. The number of unbranched alkanes of at least 4 members (excludes halogenated alkanes) is 4. The monoisotopic (exact) mass is 254 g/mol. The lowest BCUT2D eigenvalue weighted by Crippen LogP contribution is -2.32. The zero-order valence-corrected chi connectivity index (χ0v) is 10.9. The van der Waals surface area contributed by atoms with E-state index in [4.69, 9.17) is 10.8 Å². The molecule has 102 valence electrons. The van der Waals surface area contributed by atoms with Crippen LogP contribution in [0.15, 0.2) is 6.20 Å². The normalized spacial score (nSPS) is 12.6. The highest BCUT2D eigenvalue weighted by Crippen LogP contribution is 2.04. The van der Waals surface area contributed by atoms with E-state index >= 15 is 0 Å². The third-order valence-corrected chi connectivity index (χ3v) is 2.82. The summed E-state index contributed by atoms with van der Waals surface area (Å²) in [5.74, 6) is -1.01. The molecule has 0 saturated carbocycles. The minimum atomic E-state index is -1.01. The summed E-state index contributed by atoms with van der Waals surface area (Å²) in [5.41, 5.74) is 6.07. The molecule has 1 atom stereocenters. The Kier molecular flexibility index (Phi) is 6.35. The molecule has 1 rings (SSSR count). The smallest absolute Gasteiger partial charge is 0.320 e. The van der Waals surface area contributed by atoms with Gasteiger partial charge in [-0.15, -0.1) is 5.10 Å². The van der Waals surface area contributed by atoms with Crippen molar-refractivity contribution in [1.82, 2.24) is 15.0 Å². The average molecular weight is 254 g/mol. The fourth-order valence-corrected chi connectivity index (χ4v) is 1.73. The van der Waals surface area contributed by atoms with Crippen molar-refractivity contribution < 1.29 is 9.90 Å². The summed E-state index contributed by atoms with van der Waals surface area (Å²) in [6.07, 6.45) is 8.04. The Bertz CT molecular complexity index is 365. The minimum absolute atomic E-state index is 0.227. The first-order valence-electron chi connectivity index (χ1n) is 6.51. The van der Waals surface area contributed by atoms with E-state index in [9.17, 15) is 4.79 Å². The first-order valence-corrected chi connectivity index (χ1v) is 6.51. The number of nitrogens with zero attached hydrogens (tertiary/aromatic N) is 3. The molecule has 0 fully saturated rings. The molecule has 0 spiro atoms. The van der Waals surface area contributed by atoms with Crippen LogP contribution in [0.4, 0.5) is 0 Å². The molecule has 0 aromatic carbocycles. The van der Waals surface area contributed by atoms with Gasteiger partial charge in [-0.1, -0.05) is 37.8 Å². The Balaban J connectivity index is 2.28. The Labute approximate surface area is 107 Å². The molecule has 1 aromatic rings. The van der Waals surface area contributed by atoms with Gasteiger partial charge in [0.05, 0.1) is 5.69 Å². The van der Waals surface area contributed by atoms with Crippen LogP contribution in [-0.4, -0.2) is 32.1 Å². The van der Waals surface area contributed by atoms with Crippen molar-refractivity contribution in [2.24, 2.45) is 5.73 Å². The van der Waals surface area contributed by atoms with Gasteiger partial charge in [-0.05, 0) is 6.42 Å². The summed E-state index contributed by atoms with van der Waals surface area (Å²) in [4.78, 5) is 10.6. The minimum Gasteiger partial charge on any atom is -0.480 e. The quantitative estimate of drug-likeness (QED) is 0.646. The highest BCUT2D eigenvalue weighted by Gasteiger charge is 2.14. The van der Waals surface area contributed by atoms with Crippen molar-refractivity contribution in [2.45, 2.75) is 58.0 Å². The van der Waals surface area contributed by atoms with Crippen molar-refractivity contribution >= 4 is 5.97 Å². The molecule has 6 nitrogen and oxygen atoms in total. The number of aryl methyl sites for hydroxylation is 1. The van der Waals surface area contributed by atoms with Crippen LogP contribution in [0.25, 0.3) is 0 Å². The summed E-state index contributed by atoms with van der Waals surface area (Å²) in [7, 11) is 0. The van der Waals surface area contributed by atoms with Crippen molar-refractivity contribution in [3.05, 3.63) is 11.9 Å². The number of nitrogens with two attached hydrogens (primary N) is 1. The molecule has 0 aliphatic heterocycles. The molecule has 3 N–H and O–H groups in total. The maximum atomic E-state index is 10.6. The molecule has 0 amide bonds. The van der Waals surface area contributed by atoms with E-state index in [1.807, 2.05) is 0 Å². The number of hydrogen-bond donors (Lipinski definition) is 2. The number of aromatic nitrogens is 3. The number of carbonyl (C=O) groups is 1. The van der Waals surface area contributed by atoms with E-state index in [2.05, 4.69) is 17.2 Å². The van der Waals surface area contributed by atoms with Gasteiger partial charge in [-0.3, -0.25) is 9.48 Å². The second-order valence-corrected chi connectivity index (χ2v) is 4.54. The first kappa shape index (κ1) is 14.6. The summed E-state index contributed by atoms with van der Waals surface area (Å²) in [5, 5.41) is 16.6. The topological polar surface area (TPSA) is 94.0 Å². The summed E-state index contributed by atoms with van der Waals surface area (Å²) in [6.45, 7) is 3.02. The van der Waals surface area contributed by atoms with Gasteiger partial charge in [0.1, 0.15) is 6.04 Å². The van der Waals surface area contributed by atoms with Crippen LogP contribution in [0, 0.1) is 0 Å². The summed E-state index contributed by atoms with van der Waals surface area (Å²) in [6, 6.07) is -0.903. The van der Waals surface area contributed by atoms with Crippen LogP contribution in [0.2, 0.25) is 0 Å². The number of carboxylic acids is 1. The van der Waals surface area contributed by atoms with E-state index in [1.165, 1.54) is 25.7 Å². The maximum Gasteiger partial charge on any atom is 0.320 e. The van der Waals surface area contributed by atoms with Crippen molar-refractivity contribution in [3.8, 4) is 0 Å². The van der Waals surface area contributed by atoms with E-state index in [0.717, 1.165) is 13.0 Å². The van der Waals surface area contributed by atoms with Crippen LogP contribution in [-0.2, 0) is 17.8 Å². The molecule has 6 heteroatoms. The molecule has 1 heterocycles. The standard InChI is InChI=1S/C12H22N4O2/c1-2-3-4-5-6-7-16-9-10(14-15-16)8-11(13)12(17)18/h9,11H,2-8,13H2,1H3,(H,17,18). The number of hydrogen-bond acceptors (Lipinski definition) is 4. The predicted octanol–water partition coefficient (Wildman–Crippen LogP) is 1.20. The van der Waals surface area contributed by atoms with E-state index in [1.54, 1.807) is 10.9 Å². The molecule has 0 saturated heterocycles. The molecule has 0 aliphatic carbocycles. The largest absolute Gasteiger partial charge is 0.480 e. The Morgan fingerprint density at radius 2 is 2.17 bits per heavy atom. The zero-order valence-electron chi connectivity index (χ0n) is 10.9. The SMILES string of the molecule is CCCCCCCn1cc(CC(N)C(=O)O)nn1. The first-order chi connectivity index (χ1) is 8.63. The van der Waals surface area contributed by atoms with Crippen LogP contribution in [0.1, 0.15) is 44.7 Å². The molecule has 0 bridgehead atoms. The third kappa shape index (κ3) is 5.27. The van der Waals surface area contributed by atoms with Crippen molar-refractivity contribution in [2.75, 3.05) is 0 Å². The number of aliphatic carboxylic acids is 1. The van der Waals surface area contributed by atoms with E-state index < -0.39 is 12.0 Å². The van der Waals surface area contributed by atoms with Gasteiger partial charge >= 0.3 is 5.97 Å². The van der Waals surface area contributed by atoms with Gasteiger partial charge in [0.25, 0.3) is 0 Å². The molecular formula is C12H22N4O2. The molecule has 0 radical (unpaired) electrons.